The van der Waals surface area contributed by atoms with Crippen molar-refractivity contribution in [3.63, 3.8) is 0 Å². The van der Waals surface area contributed by atoms with Crippen LogP contribution in [-0.2, 0) is 17.8 Å². The highest BCUT2D eigenvalue weighted by molar-refractivity contribution is 5.59. The SMILES string of the molecule is CC(C)(c1cccc(-c2ccc(C(F)(F)F)nc2F)n1)c1cccc(-n2ccc(C(F)(F)F)n2)n1. The number of hydrogen-bond acceptors (Lipinski definition) is 4. The normalized spacial score (nSPS) is 12.7. The largest absolute Gasteiger partial charge is 0.435 e. The third-order valence-electron chi connectivity index (χ3n) is 5.29. The molecule has 12 heteroatoms. The maximum Gasteiger partial charge on any atom is 0.435 e. The van der Waals surface area contributed by atoms with Crippen LogP contribution < -0.4 is 0 Å². The van der Waals surface area contributed by atoms with Gasteiger partial charge in [0.25, 0.3) is 0 Å². The molecule has 5 nitrogen and oxygen atoms in total. The lowest BCUT2D eigenvalue weighted by atomic mass is 9.84. The molecule has 4 aromatic rings. The number of hydrogen-bond donors (Lipinski definition) is 0. The fourth-order valence-corrected chi connectivity index (χ4v) is 3.35. The Hall–Kier alpha value is -3.83. The summed E-state index contributed by atoms with van der Waals surface area (Å²) in [5.41, 5.74) is -2.66. The van der Waals surface area contributed by atoms with Crippen molar-refractivity contribution in [1.82, 2.24) is 24.7 Å². The number of aromatic nitrogens is 5. The Bertz CT molecular complexity index is 1370. The maximum absolute atomic E-state index is 14.4. The highest BCUT2D eigenvalue weighted by Crippen LogP contribution is 2.33. The topological polar surface area (TPSA) is 56.5 Å². The number of halogens is 7. The van der Waals surface area contributed by atoms with E-state index in [-0.39, 0.29) is 17.1 Å². The lowest BCUT2D eigenvalue weighted by Gasteiger charge is -2.24. The molecule has 4 heterocycles. The van der Waals surface area contributed by atoms with Crippen molar-refractivity contribution in [2.24, 2.45) is 0 Å². The van der Waals surface area contributed by atoms with Crippen LogP contribution in [0.3, 0.4) is 0 Å². The highest BCUT2D eigenvalue weighted by atomic mass is 19.4. The zero-order chi connectivity index (χ0) is 25.6. The van der Waals surface area contributed by atoms with Crippen LogP contribution in [0.5, 0.6) is 0 Å². The van der Waals surface area contributed by atoms with Gasteiger partial charge in [-0.15, -0.1) is 0 Å². The minimum absolute atomic E-state index is 0.0624. The van der Waals surface area contributed by atoms with E-state index < -0.39 is 35.1 Å². The predicted molar refractivity (Wildman–Crippen MR) is 111 cm³/mol. The second-order valence-electron chi connectivity index (χ2n) is 8.09. The van der Waals surface area contributed by atoms with E-state index >= 15 is 0 Å². The number of alkyl halides is 6. The summed E-state index contributed by atoms with van der Waals surface area (Å²) in [4.78, 5) is 11.8. The van der Waals surface area contributed by atoms with Crippen LogP contribution in [-0.4, -0.2) is 24.7 Å². The first-order valence-corrected chi connectivity index (χ1v) is 10.1. The van der Waals surface area contributed by atoms with E-state index in [4.69, 9.17) is 0 Å². The van der Waals surface area contributed by atoms with E-state index in [2.05, 4.69) is 20.1 Å². The van der Waals surface area contributed by atoms with Gasteiger partial charge in [0.05, 0.1) is 22.6 Å². The summed E-state index contributed by atoms with van der Waals surface area (Å²) in [5.74, 6) is -1.18. The fraction of sp³-hybridized carbons (Fsp3) is 0.217. The molecule has 0 fully saturated rings. The fourth-order valence-electron chi connectivity index (χ4n) is 3.35. The van der Waals surface area contributed by atoms with Gasteiger partial charge < -0.3 is 0 Å². The van der Waals surface area contributed by atoms with Crippen molar-refractivity contribution in [1.29, 1.82) is 0 Å². The highest BCUT2D eigenvalue weighted by Gasteiger charge is 2.35. The summed E-state index contributed by atoms with van der Waals surface area (Å²) >= 11 is 0. The van der Waals surface area contributed by atoms with Gasteiger partial charge in [-0.05, 0) is 56.3 Å². The van der Waals surface area contributed by atoms with Gasteiger partial charge in [0, 0.05) is 11.6 Å². The Morgan fingerprint density at radius 1 is 0.657 bits per heavy atom. The Labute approximate surface area is 194 Å². The standard InChI is InChI=1S/C23H16F7N5/c1-21(2,16-7-4-8-19(32-16)35-12-11-18(34-35)23(28,29)30)15-6-3-5-14(31-15)13-9-10-17(22(25,26)27)33-20(13)24/h3-12H,1-2H3. The summed E-state index contributed by atoms with van der Waals surface area (Å²) < 4.78 is 92.5. The van der Waals surface area contributed by atoms with Crippen LogP contribution in [0.1, 0.15) is 36.6 Å². The van der Waals surface area contributed by atoms with Gasteiger partial charge in [-0.3, -0.25) is 4.98 Å². The zero-order valence-corrected chi connectivity index (χ0v) is 18.2. The van der Waals surface area contributed by atoms with E-state index in [0.29, 0.717) is 17.5 Å². The molecule has 0 amide bonds. The van der Waals surface area contributed by atoms with Crippen molar-refractivity contribution in [2.75, 3.05) is 0 Å². The quantitative estimate of drug-likeness (QED) is 0.249. The summed E-state index contributed by atoms with van der Waals surface area (Å²) in [7, 11) is 0. The minimum Gasteiger partial charge on any atom is -0.252 e. The average Bonchev–Trinajstić information content (AvgIpc) is 3.30. The van der Waals surface area contributed by atoms with Crippen molar-refractivity contribution in [2.45, 2.75) is 31.6 Å². The third-order valence-corrected chi connectivity index (χ3v) is 5.29. The summed E-state index contributed by atoms with van der Waals surface area (Å²) in [6.07, 6.45) is -8.25. The second kappa shape index (κ2) is 8.43. The van der Waals surface area contributed by atoms with Crippen LogP contribution in [0.25, 0.3) is 17.1 Å². The molecular formula is C23H16F7N5. The van der Waals surface area contributed by atoms with Crippen LogP contribution >= 0.6 is 0 Å². The number of nitrogens with zero attached hydrogens (tertiary/aromatic N) is 5. The van der Waals surface area contributed by atoms with Crippen molar-refractivity contribution < 1.29 is 30.7 Å². The monoisotopic (exact) mass is 495 g/mol. The van der Waals surface area contributed by atoms with E-state index in [1.165, 1.54) is 12.1 Å². The molecule has 0 atom stereocenters. The Balaban J connectivity index is 1.70. The number of pyridine rings is 3. The molecule has 182 valence electrons. The second-order valence-corrected chi connectivity index (χ2v) is 8.09. The first-order chi connectivity index (χ1) is 16.3. The summed E-state index contributed by atoms with van der Waals surface area (Å²) in [6.45, 7) is 3.49. The van der Waals surface area contributed by atoms with Crippen molar-refractivity contribution >= 4 is 0 Å². The summed E-state index contributed by atoms with van der Waals surface area (Å²) in [5, 5.41) is 3.52. The zero-order valence-electron chi connectivity index (χ0n) is 18.2. The Kier molecular flexibility index (Phi) is 5.86. The molecule has 4 rings (SSSR count). The molecule has 0 saturated heterocycles. The van der Waals surface area contributed by atoms with Gasteiger partial charge in [-0.25, -0.2) is 14.6 Å². The first kappa shape index (κ1) is 24.3. The van der Waals surface area contributed by atoms with Gasteiger partial charge in [0.2, 0.25) is 5.95 Å². The molecule has 0 aliphatic heterocycles. The Morgan fingerprint density at radius 3 is 1.89 bits per heavy atom. The molecule has 0 radical (unpaired) electrons. The molecule has 0 unspecified atom stereocenters. The van der Waals surface area contributed by atoms with Gasteiger partial charge in [0.15, 0.2) is 11.5 Å². The average molecular weight is 495 g/mol. The van der Waals surface area contributed by atoms with E-state index in [0.717, 1.165) is 23.0 Å². The maximum atomic E-state index is 14.4. The minimum atomic E-state index is -4.79. The van der Waals surface area contributed by atoms with Crippen LogP contribution in [0.2, 0.25) is 0 Å². The van der Waals surface area contributed by atoms with Gasteiger partial charge >= 0.3 is 12.4 Å². The predicted octanol–water partition coefficient (Wildman–Crippen LogP) is 6.23. The van der Waals surface area contributed by atoms with Crippen LogP contribution in [0.4, 0.5) is 30.7 Å². The van der Waals surface area contributed by atoms with Gasteiger partial charge in [-0.2, -0.15) is 35.8 Å². The van der Waals surface area contributed by atoms with Crippen molar-refractivity contribution in [3.05, 3.63) is 89.5 Å². The molecule has 0 aliphatic rings. The lowest BCUT2D eigenvalue weighted by molar-refractivity contribution is -0.142. The lowest BCUT2D eigenvalue weighted by Crippen LogP contribution is -2.23. The third kappa shape index (κ3) is 4.86. The van der Waals surface area contributed by atoms with E-state index in [1.807, 2.05) is 0 Å². The molecule has 0 spiro atoms. The molecule has 0 saturated carbocycles. The molecule has 35 heavy (non-hydrogen) atoms. The van der Waals surface area contributed by atoms with Crippen molar-refractivity contribution in [3.8, 4) is 17.1 Å². The van der Waals surface area contributed by atoms with E-state index in [9.17, 15) is 30.7 Å². The summed E-state index contributed by atoms with van der Waals surface area (Å²) in [6, 6.07) is 11.8. The first-order valence-electron chi connectivity index (χ1n) is 10.1. The Morgan fingerprint density at radius 2 is 1.29 bits per heavy atom. The van der Waals surface area contributed by atoms with Gasteiger partial charge in [0.1, 0.15) is 5.69 Å². The van der Waals surface area contributed by atoms with Crippen LogP contribution in [0.15, 0.2) is 60.8 Å². The van der Waals surface area contributed by atoms with Gasteiger partial charge in [-0.1, -0.05) is 12.1 Å². The van der Waals surface area contributed by atoms with Crippen LogP contribution in [0, 0.1) is 5.95 Å². The molecule has 4 aromatic heterocycles. The molecular weight excluding hydrogens is 479 g/mol. The molecule has 0 N–H and O–H groups in total. The molecule has 0 aromatic carbocycles. The number of rotatable bonds is 4. The van der Waals surface area contributed by atoms with E-state index in [1.54, 1.807) is 38.1 Å². The molecule has 0 aliphatic carbocycles. The smallest absolute Gasteiger partial charge is 0.252 e. The molecule has 0 bridgehead atoms.